The van der Waals surface area contributed by atoms with Crippen LogP contribution in [-0.4, -0.2) is 11.9 Å². The van der Waals surface area contributed by atoms with Crippen molar-refractivity contribution in [3.63, 3.8) is 0 Å². The fourth-order valence-electron chi connectivity index (χ4n) is 2.67. The largest absolute Gasteiger partial charge is 0.386 e. The van der Waals surface area contributed by atoms with Crippen LogP contribution in [0.2, 0.25) is 0 Å². The first-order chi connectivity index (χ1) is 10.1. The highest BCUT2D eigenvalue weighted by Gasteiger charge is 2.34. The number of cyclic esters (lactones) is 2. The zero-order valence-electron chi connectivity index (χ0n) is 11.2. The fourth-order valence-corrected chi connectivity index (χ4v) is 3.62. The first-order valence-corrected chi connectivity index (χ1v) is 7.41. The summed E-state index contributed by atoms with van der Waals surface area (Å²) in [6.07, 6.45) is 0. The van der Waals surface area contributed by atoms with Gasteiger partial charge in [0.15, 0.2) is 0 Å². The minimum Gasteiger partial charge on any atom is -0.386 e. The molecule has 0 saturated carbocycles. The zero-order valence-corrected chi connectivity index (χ0v) is 12.0. The van der Waals surface area contributed by atoms with Crippen molar-refractivity contribution in [1.82, 2.24) is 0 Å². The Morgan fingerprint density at radius 2 is 1.71 bits per heavy atom. The van der Waals surface area contributed by atoms with Gasteiger partial charge in [0.25, 0.3) is 0 Å². The number of hydrogen-bond donors (Lipinski definition) is 0. The summed E-state index contributed by atoms with van der Waals surface area (Å²) in [5.41, 5.74) is 3.62. The van der Waals surface area contributed by atoms with E-state index in [0.717, 1.165) is 26.8 Å². The van der Waals surface area contributed by atoms with E-state index in [1.165, 1.54) is 0 Å². The summed E-state index contributed by atoms with van der Waals surface area (Å²) in [6, 6.07) is 11.6. The molecule has 4 rings (SSSR count). The summed E-state index contributed by atoms with van der Waals surface area (Å²) in [6.45, 7) is 2.01. The van der Waals surface area contributed by atoms with E-state index >= 15 is 0 Å². The summed E-state index contributed by atoms with van der Waals surface area (Å²) in [5.74, 6) is -1.11. The smallest absolute Gasteiger partial charge is 0.347 e. The molecule has 0 N–H and O–H groups in total. The quantitative estimate of drug-likeness (QED) is 0.499. The maximum Gasteiger partial charge on any atom is 0.347 e. The van der Waals surface area contributed by atoms with Crippen LogP contribution in [0.15, 0.2) is 41.8 Å². The van der Waals surface area contributed by atoms with E-state index in [4.69, 9.17) is 4.74 Å². The SMILES string of the molecule is Cc1ccc(-c2c3c(cc4ccsc24)C(=O)OC3=O)cc1. The normalized spacial score (nSPS) is 13.6. The lowest BCUT2D eigenvalue weighted by Crippen LogP contribution is -1.98. The van der Waals surface area contributed by atoms with Crippen molar-refractivity contribution in [3.05, 3.63) is 58.5 Å². The monoisotopic (exact) mass is 294 g/mol. The molecule has 0 saturated heterocycles. The molecule has 0 radical (unpaired) electrons. The van der Waals surface area contributed by atoms with Gasteiger partial charge in [-0.2, -0.15) is 0 Å². The van der Waals surface area contributed by atoms with Crippen molar-refractivity contribution in [1.29, 1.82) is 0 Å². The standard InChI is InChI=1S/C17H10O3S/c1-9-2-4-10(5-3-9)13-14-12(16(18)20-17(14)19)8-11-6-7-21-15(11)13/h2-8H,1H3. The van der Waals surface area contributed by atoms with Gasteiger partial charge >= 0.3 is 11.9 Å². The predicted octanol–water partition coefficient (Wildman–Crippen LogP) is 4.19. The van der Waals surface area contributed by atoms with Crippen LogP contribution >= 0.6 is 11.3 Å². The van der Waals surface area contributed by atoms with Crippen molar-refractivity contribution < 1.29 is 14.3 Å². The van der Waals surface area contributed by atoms with Crippen molar-refractivity contribution in [2.24, 2.45) is 0 Å². The molecular weight excluding hydrogens is 284 g/mol. The molecule has 2 aromatic carbocycles. The molecule has 3 nitrogen and oxygen atoms in total. The molecule has 0 bridgehead atoms. The Balaban J connectivity index is 2.14. The number of carbonyl (C=O) groups is 2. The number of thiophene rings is 1. The van der Waals surface area contributed by atoms with Crippen LogP contribution in [0.25, 0.3) is 21.2 Å². The van der Waals surface area contributed by atoms with Gasteiger partial charge in [0.1, 0.15) is 0 Å². The van der Waals surface area contributed by atoms with Crippen LogP contribution in [0.3, 0.4) is 0 Å². The number of ether oxygens (including phenoxy) is 1. The van der Waals surface area contributed by atoms with E-state index in [-0.39, 0.29) is 0 Å². The number of esters is 2. The zero-order chi connectivity index (χ0) is 14.6. The van der Waals surface area contributed by atoms with Gasteiger partial charge in [-0.1, -0.05) is 29.8 Å². The molecule has 0 atom stereocenters. The number of rotatable bonds is 1. The first-order valence-electron chi connectivity index (χ1n) is 6.53. The third kappa shape index (κ3) is 1.73. The maximum absolute atomic E-state index is 12.1. The highest BCUT2D eigenvalue weighted by molar-refractivity contribution is 7.17. The Hall–Kier alpha value is -2.46. The third-order valence-electron chi connectivity index (χ3n) is 3.69. The van der Waals surface area contributed by atoms with E-state index < -0.39 is 11.9 Å². The Labute approximate surface area is 124 Å². The Morgan fingerprint density at radius 1 is 0.952 bits per heavy atom. The number of hydrogen-bond acceptors (Lipinski definition) is 4. The molecule has 0 aliphatic carbocycles. The average molecular weight is 294 g/mol. The van der Waals surface area contributed by atoms with E-state index in [1.807, 2.05) is 42.6 Å². The molecule has 102 valence electrons. The molecule has 2 heterocycles. The van der Waals surface area contributed by atoms with E-state index in [0.29, 0.717) is 11.1 Å². The Morgan fingerprint density at radius 3 is 2.48 bits per heavy atom. The van der Waals surface area contributed by atoms with Gasteiger partial charge in [-0.05, 0) is 35.4 Å². The van der Waals surface area contributed by atoms with Crippen molar-refractivity contribution >= 4 is 33.4 Å². The predicted molar refractivity (Wildman–Crippen MR) is 81.7 cm³/mol. The molecule has 21 heavy (non-hydrogen) atoms. The summed E-state index contributed by atoms with van der Waals surface area (Å²) in [4.78, 5) is 23.9. The fraction of sp³-hybridized carbons (Fsp3) is 0.0588. The van der Waals surface area contributed by atoms with E-state index in [1.54, 1.807) is 17.4 Å². The summed E-state index contributed by atoms with van der Waals surface area (Å²) < 4.78 is 5.79. The molecule has 0 amide bonds. The maximum atomic E-state index is 12.1. The first kappa shape index (κ1) is 12.3. The second-order valence-corrected chi connectivity index (χ2v) is 5.97. The lowest BCUT2D eigenvalue weighted by atomic mass is 9.94. The van der Waals surface area contributed by atoms with E-state index in [9.17, 15) is 9.59 Å². The highest BCUT2D eigenvalue weighted by Crippen LogP contribution is 2.40. The van der Waals surface area contributed by atoms with Crippen LogP contribution in [0.1, 0.15) is 26.3 Å². The molecule has 4 heteroatoms. The second kappa shape index (κ2) is 4.27. The van der Waals surface area contributed by atoms with E-state index in [2.05, 4.69) is 0 Å². The third-order valence-corrected chi connectivity index (χ3v) is 4.64. The molecule has 1 aliphatic rings. The molecule has 0 spiro atoms. The van der Waals surface area contributed by atoms with Crippen molar-refractivity contribution in [2.45, 2.75) is 6.92 Å². The van der Waals surface area contributed by atoms with Gasteiger partial charge in [-0.15, -0.1) is 11.3 Å². The number of aryl methyl sites for hydroxylation is 1. The topological polar surface area (TPSA) is 43.4 Å². The second-order valence-electron chi connectivity index (χ2n) is 5.06. The molecule has 1 aliphatic heterocycles. The molecule has 3 aromatic rings. The van der Waals surface area contributed by atoms with Crippen molar-refractivity contribution in [2.75, 3.05) is 0 Å². The molecule has 1 aromatic heterocycles. The Kier molecular flexibility index (Phi) is 2.50. The van der Waals surface area contributed by atoms with Crippen LogP contribution in [0.5, 0.6) is 0 Å². The minimum atomic E-state index is -0.559. The van der Waals surface area contributed by atoms with Gasteiger partial charge in [-0.3, -0.25) is 0 Å². The summed E-state index contributed by atoms with van der Waals surface area (Å²) in [5, 5.41) is 2.92. The summed E-state index contributed by atoms with van der Waals surface area (Å²) >= 11 is 1.56. The van der Waals surface area contributed by atoms with Crippen LogP contribution < -0.4 is 0 Å². The minimum absolute atomic E-state index is 0.362. The summed E-state index contributed by atoms with van der Waals surface area (Å²) in [7, 11) is 0. The van der Waals surface area contributed by atoms with Crippen LogP contribution in [0, 0.1) is 6.92 Å². The van der Waals surface area contributed by atoms with Gasteiger partial charge < -0.3 is 4.74 Å². The highest BCUT2D eigenvalue weighted by atomic mass is 32.1. The van der Waals surface area contributed by atoms with Crippen molar-refractivity contribution in [3.8, 4) is 11.1 Å². The molecule has 0 fully saturated rings. The lowest BCUT2D eigenvalue weighted by Gasteiger charge is -2.08. The van der Waals surface area contributed by atoms with Gasteiger partial charge in [0, 0.05) is 10.3 Å². The number of carbonyl (C=O) groups excluding carboxylic acids is 2. The molecular formula is C17H10O3S. The van der Waals surface area contributed by atoms with Crippen LogP contribution in [-0.2, 0) is 4.74 Å². The average Bonchev–Trinajstić information content (AvgIpc) is 3.04. The van der Waals surface area contributed by atoms with Gasteiger partial charge in [0.2, 0.25) is 0 Å². The van der Waals surface area contributed by atoms with Gasteiger partial charge in [0.05, 0.1) is 11.1 Å². The Bertz CT molecular complexity index is 904. The molecule has 0 unspecified atom stereocenters. The number of benzene rings is 2. The van der Waals surface area contributed by atoms with Crippen LogP contribution in [0.4, 0.5) is 0 Å². The van der Waals surface area contributed by atoms with Gasteiger partial charge in [-0.25, -0.2) is 9.59 Å². The lowest BCUT2D eigenvalue weighted by molar-refractivity contribution is 0.0444. The number of fused-ring (bicyclic) bond motifs is 2.